The van der Waals surface area contributed by atoms with Crippen molar-refractivity contribution in [3.8, 4) is 0 Å². The van der Waals surface area contributed by atoms with Gasteiger partial charge in [0.25, 0.3) is 0 Å². The molecule has 2 N–H and O–H groups in total. The van der Waals surface area contributed by atoms with Gasteiger partial charge in [0.15, 0.2) is 0 Å². The third-order valence-corrected chi connectivity index (χ3v) is 3.12. The highest BCUT2D eigenvalue weighted by atomic mass is 16.2. The minimum Gasteiger partial charge on any atom is -0.385 e. The van der Waals surface area contributed by atoms with Crippen molar-refractivity contribution in [2.45, 2.75) is 19.8 Å². The summed E-state index contributed by atoms with van der Waals surface area (Å²) >= 11 is 0. The minimum atomic E-state index is -0.0664. The number of urea groups is 1. The van der Waals surface area contributed by atoms with Gasteiger partial charge in [-0.1, -0.05) is 6.07 Å². The van der Waals surface area contributed by atoms with E-state index in [0.717, 1.165) is 24.3 Å². The van der Waals surface area contributed by atoms with Crippen LogP contribution in [0.25, 0.3) is 0 Å². The zero-order chi connectivity index (χ0) is 12.3. The average Bonchev–Trinajstić information content (AvgIpc) is 2.37. The summed E-state index contributed by atoms with van der Waals surface area (Å²) in [6, 6.07) is 6.00. The van der Waals surface area contributed by atoms with Gasteiger partial charge in [0.05, 0.1) is 0 Å². The Kier molecular flexibility index (Phi) is 3.52. The second-order valence-electron chi connectivity index (χ2n) is 4.35. The van der Waals surface area contributed by atoms with Gasteiger partial charge in [-0.25, -0.2) is 4.79 Å². The molecule has 17 heavy (non-hydrogen) atoms. The Morgan fingerprint density at radius 1 is 1.53 bits per heavy atom. The maximum absolute atomic E-state index is 11.7. The van der Waals surface area contributed by atoms with Crippen molar-refractivity contribution in [1.82, 2.24) is 4.90 Å². The van der Waals surface area contributed by atoms with E-state index in [2.05, 4.69) is 16.7 Å². The fourth-order valence-electron chi connectivity index (χ4n) is 1.90. The van der Waals surface area contributed by atoms with E-state index in [-0.39, 0.29) is 6.03 Å². The Balaban J connectivity index is 2.09. The van der Waals surface area contributed by atoms with Gasteiger partial charge in [-0.3, -0.25) is 0 Å². The molecular formula is C13H19N3O. The first-order valence-electron chi connectivity index (χ1n) is 6.09. The number of amides is 2. The first-order valence-corrected chi connectivity index (χ1v) is 6.09. The lowest BCUT2D eigenvalue weighted by Gasteiger charge is -2.20. The topological polar surface area (TPSA) is 44.4 Å². The van der Waals surface area contributed by atoms with Crippen LogP contribution in [0, 0.1) is 0 Å². The van der Waals surface area contributed by atoms with Crippen LogP contribution < -0.4 is 10.6 Å². The number of fused-ring (bicyclic) bond motifs is 1. The van der Waals surface area contributed by atoms with Crippen LogP contribution in [-0.4, -0.2) is 31.1 Å². The van der Waals surface area contributed by atoms with Crippen molar-refractivity contribution in [3.63, 3.8) is 0 Å². The number of rotatable bonds is 2. The molecule has 0 aromatic heterocycles. The molecule has 0 fully saturated rings. The summed E-state index contributed by atoms with van der Waals surface area (Å²) in [5.41, 5.74) is 3.33. The van der Waals surface area contributed by atoms with Gasteiger partial charge in [-0.15, -0.1) is 0 Å². The molecule has 0 bridgehead atoms. The molecule has 1 aromatic carbocycles. The molecule has 2 rings (SSSR count). The molecule has 0 atom stereocenters. The highest BCUT2D eigenvalue weighted by molar-refractivity contribution is 5.89. The molecule has 92 valence electrons. The number of nitrogens with one attached hydrogen (secondary N) is 2. The number of anilines is 2. The number of carbonyl (C=O) groups excluding carboxylic acids is 1. The van der Waals surface area contributed by atoms with E-state index in [1.807, 2.05) is 19.1 Å². The molecule has 1 aromatic rings. The standard InChI is InChI=1S/C13H19N3O/c1-3-16(2)13(17)15-11-7-6-10-5-4-8-14-12(10)9-11/h6-7,9,14H,3-5,8H2,1-2H3,(H,15,17). The summed E-state index contributed by atoms with van der Waals surface area (Å²) in [5, 5.41) is 6.24. The average molecular weight is 233 g/mol. The predicted octanol–water partition coefficient (Wildman–Crippen LogP) is 2.53. The van der Waals surface area contributed by atoms with Gasteiger partial charge in [0.2, 0.25) is 0 Å². The van der Waals surface area contributed by atoms with Gasteiger partial charge < -0.3 is 15.5 Å². The molecular weight excluding hydrogens is 214 g/mol. The molecule has 0 saturated carbocycles. The van der Waals surface area contributed by atoms with Crippen LogP contribution >= 0.6 is 0 Å². The first-order chi connectivity index (χ1) is 8.20. The smallest absolute Gasteiger partial charge is 0.321 e. The lowest BCUT2D eigenvalue weighted by atomic mass is 10.0. The quantitative estimate of drug-likeness (QED) is 0.824. The maximum Gasteiger partial charge on any atom is 0.321 e. The van der Waals surface area contributed by atoms with E-state index in [1.165, 1.54) is 12.0 Å². The fraction of sp³-hybridized carbons (Fsp3) is 0.462. The van der Waals surface area contributed by atoms with E-state index >= 15 is 0 Å². The molecule has 4 nitrogen and oxygen atoms in total. The van der Waals surface area contributed by atoms with E-state index in [4.69, 9.17) is 0 Å². The second kappa shape index (κ2) is 5.08. The molecule has 0 aliphatic carbocycles. The van der Waals surface area contributed by atoms with Gasteiger partial charge in [-0.2, -0.15) is 0 Å². The first kappa shape index (κ1) is 11.8. The van der Waals surface area contributed by atoms with Gasteiger partial charge in [0, 0.05) is 31.5 Å². The summed E-state index contributed by atoms with van der Waals surface area (Å²) in [6.07, 6.45) is 2.29. The fourth-order valence-corrected chi connectivity index (χ4v) is 1.90. The Morgan fingerprint density at radius 2 is 2.35 bits per heavy atom. The highest BCUT2D eigenvalue weighted by Gasteiger charge is 2.11. The van der Waals surface area contributed by atoms with Crippen LogP contribution in [0.5, 0.6) is 0 Å². The summed E-state index contributed by atoms with van der Waals surface area (Å²) in [4.78, 5) is 13.4. The zero-order valence-electron chi connectivity index (χ0n) is 10.4. The molecule has 4 heteroatoms. The molecule has 2 amide bonds. The van der Waals surface area contributed by atoms with Gasteiger partial charge >= 0.3 is 6.03 Å². The van der Waals surface area contributed by atoms with Crippen LogP contribution in [0.2, 0.25) is 0 Å². The highest BCUT2D eigenvalue weighted by Crippen LogP contribution is 2.25. The van der Waals surface area contributed by atoms with E-state index in [9.17, 15) is 4.79 Å². The molecule has 1 heterocycles. The van der Waals surface area contributed by atoms with Crippen LogP contribution in [0.4, 0.5) is 16.2 Å². The second-order valence-corrected chi connectivity index (χ2v) is 4.35. The Labute approximate surface area is 102 Å². The van der Waals surface area contributed by atoms with E-state index in [1.54, 1.807) is 11.9 Å². The lowest BCUT2D eigenvalue weighted by Crippen LogP contribution is -2.31. The Morgan fingerprint density at radius 3 is 3.12 bits per heavy atom. The van der Waals surface area contributed by atoms with E-state index < -0.39 is 0 Å². The molecule has 1 aliphatic rings. The van der Waals surface area contributed by atoms with Crippen LogP contribution in [0.15, 0.2) is 18.2 Å². The van der Waals surface area contributed by atoms with Crippen molar-refractivity contribution in [2.75, 3.05) is 30.8 Å². The third-order valence-electron chi connectivity index (χ3n) is 3.12. The minimum absolute atomic E-state index is 0.0664. The number of benzene rings is 1. The summed E-state index contributed by atoms with van der Waals surface area (Å²) < 4.78 is 0. The summed E-state index contributed by atoms with van der Waals surface area (Å²) in [6.45, 7) is 3.67. The number of nitrogens with zero attached hydrogens (tertiary/aromatic N) is 1. The Hall–Kier alpha value is -1.71. The normalized spacial score (nSPS) is 13.5. The maximum atomic E-state index is 11.7. The van der Waals surface area contributed by atoms with Crippen molar-refractivity contribution in [1.29, 1.82) is 0 Å². The molecule has 0 radical (unpaired) electrons. The number of hydrogen-bond acceptors (Lipinski definition) is 2. The monoisotopic (exact) mass is 233 g/mol. The van der Waals surface area contributed by atoms with Crippen molar-refractivity contribution < 1.29 is 4.79 Å². The Bertz CT molecular complexity index is 417. The third kappa shape index (κ3) is 2.70. The number of aryl methyl sites for hydroxylation is 1. The number of hydrogen-bond donors (Lipinski definition) is 2. The SMILES string of the molecule is CCN(C)C(=O)Nc1ccc2c(c1)NCCC2. The van der Waals surface area contributed by atoms with Crippen LogP contribution in [0.1, 0.15) is 18.9 Å². The number of carbonyl (C=O) groups is 1. The zero-order valence-corrected chi connectivity index (χ0v) is 10.4. The van der Waals surface area contributed by atoms with E-state index in [0.29, 0.717) is 6.54 Å². The van der Waals surface area contributed by atoms with Crippen LogP contribution in [0.3, 0.4) is 0 Å². The summed E-state index contributed by atoms with van der Waals surface area (Å²) in [7, 11) is 1.78. The van der Waals surface area contributed by atoms with Crippen molar-refractivity contribution in [2.24, 2.45) is 0 Å². The molecule has 1 aliphatic heterocycles. The molecule has 0 unspecified atom stereocenters. The summed E-state index contributed by atoms with van der Waals surface area (Å²) in [5.74, 6) is 0. The molecule has 0 spiro atoms. The van der Waals surface area contributed by atoms with Crippen molar-refractivity contribution in [3.05, 3.63) is 23.8 Å². The van der Waals surface area contributed by atoms with Gasteiger partial charge in [0.1, 0.15) is 0 Å². The molecule has 0 saturated heterocycles. The lowest BCUT2D eigenvalue weighted by molar-refractivity contribution is 0.224. The largest absolute Gasteiger partial charge is 0.385 e. The van der Waals surface area contributed by atoms with Gasteiger partial charge in [-0.05, 0) is 37.5 Å². The van der Waals surface area contributed by atoms with Crippen LogP contribution in [-0.2, 0) is 6.42 Å². The van der Waals surface area contributed by atoms with Crippen molar-refractivity contribution >= 4 is 17.4 Å². The predicted molar refractivity (Wildman–Crippen MR) is 70.6 cm³/mol.